The van der Waals surface area contributed by atoms with Crippen LogP contribution in [0.15, 0.2) is 18.2 Å². The van der Waals surface area contributed by atoms with Gasteiger partial charge in [0.15, 0.2) is 0 Å². The van der Waals surface area contributed by atoms with Crippen molar-refractivity contribution in [1.82, 2.24) is 0 Å². The van der Waals surface area contributed by atoms with E-state index in [4.69, 9.17) is 4.74 Å². The van der Waals surface area contributed by atoms with E-state index in [-0.39, 0.29) is 5.41 Å². The molecular weight excluding hydrogens is 272 g/mol. The number of hydrogen-bond donors (Lipinski definition) is 0. The predicted molar refractivity (Wildman–Crippen MR) is 86.8 cm³/mol. The van der Waals surface area contributed by atoms with Gasteiger partial charge in [-0.3, -0.25) is 4.79 Å². The minimum Gasteiger partial charge on any atom is -0.380 e. The molecule has 1 aromatic carbocycles. The molecule has 4 rings (SSSR count). The molecule has 2 unspecified atom stereocenters. The van der Waals surface area contributed by atoms with Gasteiger partial charge in [0, 0.05) is 18.9 Å². The molecule has 2 nitrogen and oxygen atoms in total. The Kier molecular flexibility index (Phi) is 3.41. The lowest BCUT2D eigenvalue weighted by atomic mass is 9.55. The summed E-state index contributed by atoms with van der Waals surface area (Å²) in [6.07, 6.45) is 6.69. The summed E-state index contributed by atoms with van der Waals surface area (Å²) >= 11 is 0. The van der Waals surface area contributed by atoms with Crippen LogP contribution < -0.4 is 0 Å². The average molecular weight is 298 g/mol. The van der Waals surface area contributed by atoms with E-state index in [0.717, 1.165) is 25.2 Å². The lowest BCUT2D eigenvalue weighted by molar-refractivity contribution is -0.129. The second-order valence-electron chi connectivity index (χ2n) is 7.80. The van der Waals surface area contributed by atoms with Crippen LogP contribution in [0.4, 0.5) is 0 Å². The van der Waals surface area contributed by atoms with Crippen molar-refractivity contribution in [2.24, 2.45) is 17.3 Å². The van der Waals surface area contributed by atoms with Gasteiger partial charge in [0.2, 0.25) is 0 Å². The Bertz CT molecular complexity index is 606. The van der Waals surface area contributed by atoms with E-state index in [9.17, 15) is 4.79 Å². The summed E-state index contributed by atoms with van der Waals surface area (Å²) in [5, 5.41) is 0. The first-order valence-corrected chi connectivity index (χ1v) is 8.77. The Morgan fingerprint density at radius 2 is 2.09 bits per heavy atom. The lowest BCUT2D eigenvalue weighted by Gasteiger charge is -2.48. The molecule has 3 aliphatic carbocycles. The second kappa shape index (κ2) is 5.19. The summed E-state index contributed by atoms with van der Waals surface area (Å²) in [6.45, 7) is 2.96. The van der Waals surface area contributed by atoms with E-state index < -0.39 is 0 Å². The maximum Gasteiger partial charge on any atom is 0.139 e. The molecule has 22 heavy (non-hydrogen) atoms. The number of rotatable bonds is 2. The van der Waals surface area contributed by atoms with Crippen molar-refractivity contribution in [3.8, 4) is 0 Å². The second-order valence-corrected chi connectivity index (χ2v) is 7.80. The minimum absolute atomic E-state index is 0.00530. The van der Waals surface area contributed by atoms with E-state index in [2.05, 4.69) is 25.1 Å². The van der Waals surface area contributed by atoms with E-state index in [1.54, 1.807) is 12.7 Å². The molecule has 0 N–H and O–H groups in total. The molecule has 2 heteroatoms. The van der Waals surface area contributed by atoms with Crippen molar-refractivity contribution in [1.29, 1.82) is 0 Å². The molecule has 118 valence electrons. The zero-order valence-corrected chi connectivity index (χ0v) is 13.7. The highest BCUT2D eigenvalue weighted by Crippen LogP contribution is 2.59. The summed E-state index contributed by atoms with van der Waals surface area (Å²) in [7, 11) is 1.76. The van der Waals surface area contributed by atoms with Crippen molar-refractivity contribution in [3.63, 3.8) is 0 Å². The lowest BCUT2D eigenvalue weighted by Crippen LogP contribution is -2.42. The van der Waals surface area contributed by atoms with Crippen molar-refractivity contribution >= 4 is 5.78 Å². The van der Waals surface area contributed by atoms with Gasteiger partial charge in [-0.2, -0.15) is 0 Å². The molecule has 0 aliphatic heterocycles. The van der Waals surface area contributed by atoms with Crippen molar-refractivity contribution < 1.29 is 9.53 Å². The molecule has 4 atom stereocenters. The van der Waals surface area contributed by atoms with Gasteiger partial charge in [0.05, 0.1) is 6.61 Å². The van der Waals surface area contributed by atoms with E-state index in [0.29, 0.717) is 24.2 Å². The van der Waals surface area contributed by atoms with Crippen LogP contribution in [-0.4, -0.2) is 12.9 Å². The normalized spacial score (nSPS) is 36.6. The standard InChI is InChI=1S/C20H26O2/c1-20-10-9-16-15-5-3-13(12-22-2)11-14(15)4-6-17(16)18(20)7-8-19(20)21/h3,5,11,16-18H,4,6-10,12H2,1-2H3/t16?,17-,18?,20+/m0/s1. The highest BCUT2D eigenvalue weighted by atomic mass is 16.5. The number of carbonyl (C=O) groups is 1. The van der Waals surface area contributed by atoms with Crippen LogP contribution in [0.3, 0.4) is 0 Å². The summed E-state index contributed by atoms with van der Waals surface area (Å²) in [5.74, 6) is 2.58. The predicted octanol–water partition coefficient (Wildman–Crippen LogP) is 4.26. The smallest absolute Gasteiger partial charge is 0.139 e. The minimum atomic E-state index is -0.00530. The molecule has 0 spiro atoms. The third kappa shape index (κ3) is 2.00. The van der Waals surface area contributed by atoms with Crippen LogP contribution in [-0.2, 0) is 22.6 Å². The van der Waals surface area contributed by atoms with Gasteiger partial charge in [-0.15, -0.1) is 0 Å². The van der Waals surface area contributed by atoms with Gasteiger partial charge >= 0.3 is 0 Å². The van der Waals surface area contributed by atoms with E-state index >= 15 is 0 Å². The van der Waals surface area contributed by atoms with Crippen LogP contribution >= 0.6 is 0 Å². The first kappa shape index (κ1) is 14.4. The number of Topliss-reactive ketones (excluding diaryl/α,β-unsaturated/α-hetero) is 1. The summed E-state index contributed by atoms with van der Waals surface area (Å²) in [5.41, 5.74) is 4.38. The average Bonchev–Trinajstić information content (AvgIpc) is 2.83. The summed E-state index contributed by atoms with van der Waals surface area (Å²) in [4.78, 5) is 12.4. The molecule has 0 radical (unpaired) electrons. The number of ketones is 1. The molecule has 3 aliphatic rings. The summed E-state index contributed by atoms with van der Waals surface area (Å²) < 4.78 is 5.27. The fraction of sp³-hybridized carbons (Fsp3) is 0.650. The Labute approximate surface area is 133 Å². The fourth-order valence-electron chi connectivity index (χ4n) is 5.66. The maximum absolute atomic E-state index is 12.4. The number of carbonyl (C=O) groups excluding carboxylic acids is 1. The monoisotopic (exact) mass is 298 g/mol. The van der Waals surface area contributed by atoms with Crippen LogP contribution in [0.25, 0.3) is 0 Å². The zero-order chi connectivity index (χ0) is 15.3. The number of fused-ring (bicyclic) bond motifs is 5. The van der Waals surface area contributed by atoms with E-state index in [1.165, 1.54) is 30.4 Å². The van der Waals surface area contributed by atoms with Gasteiger partial charge in [-0.1, -0.05) is 25.1 Å². The number of methoxy groups -OCH3 is 1. The SMILES string of the molecule is COCc1ccc2c(c1)CC[C@H]1C2CC[C@@]2(C)C(=O)CCC12. The quantitative estimate of drug-likeness (QED) is 0.815. The van der Waals surface area contributed by atoms with Crippen LogP contribution in [0, 0.1) is 17.3 Å². The molecular formula is C20H26O2. The first-order valence-electron chi connectivity index (χ1n) is 8.77. The Morgan fingerprint density at radius 3 is 2.91 bits per heavy atom. The first-order chi connectivity index (χ1) is 10.6. The highest BCUT2D eigenvalue weighted by molar-refractivity contribution is 5.87. The zero-order valence-electron chi connectivity index (χ0n) is 13.7. The van der Waals surface area contributed by atoms with E-state index in [1.807, 2.05) is 0 Å². The Balaban J connectivity index is 1.66. The van der Waals surface area contributed by atoms with Crippen LogP contribution in [0.1, 0.15) is 61.6 Å². The largest absolute Gasteiger partial charge is 0.380 e. The topological polar surface area (TPSA) is 26.3 Å². The number of ether oxygens (including phenoxy) is 1. The molecule has 2 fully saturated rings. The van der Waals surface area contributed by atoms with Crippen molar-refractivity contribution in [2.45, 2.75) is 58.0 Å². The van der Waals surface area contributed by atoms with Gasteiger partial charge in [-0.05, 0) is 66.5 Å². The fourth-order valence-corrected chi connectivity index (χ4v) is 5.66. The molecule has 0 heterocycles. The van der Waals surface area contributed by atoms with Gasteiger partial charge in [-0.25, -0.2) is 0 Å². The van der Waals surface area contributed by atoms with Crippen molar-refractivity contribution in [2.75, 3.05) is 7.11 Å². The van der Waals surface area contributed by atoms with Gasteiger partial charge in [0.1, 0.15) is 5.78 Å². The Morgan fingerprint density at radius 1 is 1.23 bits per heavy atom. The molecule has 2 saturated carbocycles. The van der Waals surface area contributed by atoms with Crippen LogP contribution in [0.5, 0.6) is 0 Å². The number of benzene rings is 1. The molecule has 1 aromatic rings. The third-order valence-corrected chi connectivity index (χ3v) is 6.81. The van der Waals surface area contributed by atoms with Gasteiger partial charge < -0.3 is 4.74 Å². The number of hydrogen-bond acceptors (Lipinski definition) is 2. The highest BCUT2D eigenvalue weighted by Gasteiger charge is 2.54. The van der Waals surface area contributed by atoms with Crippen molar-refractivity contribution in [3.05, 3.63) is 34.9 Å². The summed E-state index contributed by atoms with van der Waals surface area (Å²) in [6, 6.07) is 6.93. The number of aryl methyl sites for hydroxylation is 1. The molecule has 0 saturated heterocycles. The molecule has 0 amide bonds. The molecule has 0 bridgehead atoms. The van der Waals surface area contributed by atoms with Gasteiger partial charge in [0.25, 0.3) is 0 Å². The maximum atomic E-state index is 12.4. The van der Waals surface area contributed by atoms with Crippen LogP contribution in [0.2, 0.25) is 0 Å². The third-order valence-electron chi connectivity index (χ3n) is 6.81. The molecule has 0 aromatic heterocycles. The Hall–Kier alpha value is -1.15.